The summed E-state index contributed by atoms with van der Waals surface area (Å²) in [4.78, 5) is 55.5. The van der Waals surface area contributed by atoms with Crippen molar-refractivity contribution in [2.24, 2.45) is 0 Å². The number of halogens is 1. The van der Waals surface area contributed by atoms with Gasteiger partial charge in [0.25, 0.3) is 5.91 Å². The Morgan fingerprint density at radius 2 is 1.60 bits per heavy atom. The van der Waals surface area contributed by atoms with Crippen molar-refractivity contribution < 1.29 is 33.8 Å². The number of nitrogens with zero attached hydrogens (tertiary/aromatic N) is 4. The van der Waals surface area contributed by atoms with Crippen molar-refractivity contribution in [2.45, 2.75) is 58.8 Å². The number of ether oxygens (including phenoxy) is 2. The molecule has 11 nitrogen and oxygen atoms in total. The Morgan fingerprint density at radius 3 is 2.16 bits per heavy atom. The molecular formula is C31H31ClN4O7. The van der Waals surface area contributed by atoms with Gasteiger partial charge in [0.2, 0.25) is 0 Å². The molecule has 12 heteroatoms. The third-order valence-electron chi connectivity index (χ3n) is 6.24. The van der Waals surface area contributed by atoms with E-state index in [-0.39, 0.29) is 5.70 Å². The number of aliphatic hydroxyl groups is 1. The number of aromatic nitrogens is 1. The van der Waals surface area contributed by atoms with Gasteiger partial charge in [0, 0.05) is 22.2 Å². The van der Waals surface area contributed by atoms with Crippen molar-refractivity contribution in [2.75, 3.05) is 6.61 Å². The summed E-state index contributed by atoms with van der Waals surface area (Å²) in [5, 5.41) is 20.3. The van der Waals surface area contributed by atoms with Gasteiger partial charge in [0.05, 0.1) is 29.8 Å². The highest BCUT2D eigenvalue weighted by molar-refractivity contribution is 6.31. The van der Waals surface area contributed by atoms with Crippen molar-refractivity contribution in [1.82, 2.24) is 14.4 Å². The molecule has 1 aromatic heterocycles. The maximum absolute atomic E-state index is 13.9. The van der Waals surface area contributed by atoms with Crippen LogP contribution in [0.25, 0.3) is 17.0 Å². The number of nitriles is 1. The van der Waals surface area contributed by atoms with Crippen LogP contribution in [0.4, 0.5) is 14.4 Å². The van der Waals surface area contributed by atoms with Gasteiger partial charge in [-0.25, -0.2) is 19.3 Å². The van der Waals surface area contributed by atoms with E-state index in [0.717, 1.165) is 4.90 Å². The van der Waals surface area contributed by atoms with Gasteiger partial charge < -0.3 is 14.6 Å². The van der Waals surface area contributed by atoms with Crippen molar-refractivity contribution in [3.63, 3.8) is 0 Å². The molecule has 4 rings (SSSR count). The Kier molecular flexibility index (Phi) is 8.40. The summed E-state index contributed by atoms with van der Waals surface area (Å²) in [6, 6.07) is 10.6. The van der Waals surface area contributed by atoms with Crippen LogP contribution < -0.4 is 0 Å². The lowest BCUT2D eigenvalue weighted by molar-refractivity contribution is -0.125. The Bertz CT molecular complexity index is 1690. The highest BCUT2D eigenvalue weighted by atomic mass is 35.5. The van der Waals surface area contributed by atoms with Crippen molar-refractivity contribution in [3.8, 4) is 6.07 Å². The largest absolute Gasteiger partial charge is 0.443 e. The highest BCUT2D eigenvalue weighted by Gasteiger charge is 2.49. The Hall–Kier alpha value is -4.66. The molecule has 1 N–H and O–H groups in total. The molecule has 0 aliphatic carbocycles. The summed E-state index contributed by atoms with van der Waals surface area (Å²) in [6.07, 6.45) is 0.911. The molecule has 1 unspecified atom stereocenters. The number of rotatable bonds is 4. The van der Waals surface area contributed by atoms with E-state index >= 15 is 0 Å². The summed E-state index contributed by atoms with van der Waals surface area (Å²) < 4.78 is 12.2. The smallest absolute Gasteiger partial charge is 0.423 e. The summed E-state index contributed by atoms with van der Waals surface area (Å²) in [7, 11) is 0. The number of amides is 4. The molecule has 224 valence electrons. The molecule has 1 atom stereocenters. The van der Waals surface area contributed by atoms with Gasteiger partial charge in [0.15, 0.2) is 0 Å². The number of carbonyl (C=O) groups excluding carboxylic acids is 4. The molecule has 1 aliphatic heterocycles. The van der Waals surface area contributed by atoms with E-state index in [1.807, 2.05) is 6.07 Å². The van der Waals surface area contributed by atoms with E-state index < -0.39 is 48.0 Å². The van der Waals surface area contributed by atoms with E-state index in [2.05, 4.69) is 0 Å². The lowest BCUT2D eigenvalue weighted by Crippen LogP contribution is -2.41. The van der Waals surface area contributed by atoms with Gasteiger partial charge in [-0.2, -0.15) is 10.2 Å². The zero-order valence-electron chi connectivity index (χ0n) is 24.5. The van der Waals surface area contributed by atoms with Crippen LogP contribution in [0.15, 0.2) is 54.4 Å². The van der Waals surface area contributed by atoms with Crippen LogP contribution in [0, 0.1) is 11.3 Å². The zero-order chi connectivity index (χ0) is 31.9. The monoisotopic (exact) mass is 606 g/mol. The first kappa shape index (κ1) is 31.3. The standard InChI is InChI=1S/C31H31ClN4O7/c1-30(2,3)42-28(40)34-16-20(22-12-11-21(32)14-23(22)34)13-24-26(38)35(27(39)36(24)29(41)43-31(4,5)6)25(17-37)19-9-7-18(15-33)8-10-19/h7-14,16,25,37H,17H2,1-6H3. The number of benzene rings is 2. The van der Waals surface area contributed by atoms with Crippen LogP contribution >= 0.6 is 11.6 Å². The number of hydrogen-bond acceptors (Lipinski definition) is 8. The van der Waals surface area contributed by atoms with E-state index in [9.17, 15) is 24.3 Å². The van der Waals surface area contributed by atoms with Gasteiger partial charge in [-0.15, -0.1) is 0 Å². The van der Waals surface area contributed by atoms with Gasteiger partial charge in [-0.3, -0.25) is 9.36 Å². The van der Waals surface area contributed by atoms with Crippen molar-refractivity contribution in [3.05, 3.63) is 76.1 Å². The Morgan fingerprint density at radius 1 is 1.00 bits per heavy atom. The topological polar surface area (TPSA) is 142 Å². The highest BCUT2D eigenvalue weighted by Crippen LogP contribution is 2.35. The lowest BCUT2D eigenvalue weighted by Gasteiger charge is -2.25. The maximum Gasteiger partial charge on any atom is 0.423 e. The third-order valence-corrected chi connectivity index (χ3v) is 6.48. The molecule has 43 heavy (non-hydrogen) atoms. The maximum atomic E-state index is 13.9. The van der Waals surface area contributed by atoms with Crippen LogP contribution in [-0.2, 0) is 14.3 Å². The molecule has 3 aromatic rings. The Balaban J connectivity index is 1.88. The molecule has 4 amide bonds. The number of urea groups is 1. The fraction of sp³-hybridized carbons (Fsp3) is 0.323. The predicted octanol–water partition coefficient (Wildman–Crippen LogP) is 6.22. The molecule has 1 saturated heterocycles. The third kappa shape index (κ3) is 6.56. The average molecular weight is 607 g/mol. The van der Waals surface area contributed by atoms with Crippen LogP contribution in [0.1, 0.15) is 64.3 Å². The van der Waals surface area contributed by atoms with Crippen LogP contribution in [-0.4, -0.2) is 61.4 Å². The van der Waals surface area contributed by atoms with Crippen LogP contribution in [0.2, 0.25) is 5.02 Å². The number of hydrogen-bond donors (Lipinski definition) is 1. The molecule has 0 radical (unpaired) electrons. The van der Waals surface area contributed by atoms with E-state index in [0.29, 0.717) is 37.5 Å². The van der Waals surface area contributed by atoms with E-state index in [1.54, 1.807) is 59.7 Å². The summed E-state index contributed by atoms with van der Waals surface area (Å²) >= 11 is 6.23. The molecule has 1 aliphatic rings. The Labute approximate surface area is 253 Å². The molecule has 0 spiro atoms. The molecule has 0 saturated carbocycles. The summed E-state index contributed by atoms with van der Waals surface area (Å²) in [6.45, 7) is 9.32. The van der Waals surface area contributed by atoms with Crippen LogP contribution in [0.3, 0.4) is 0 Å². The number of fused-ring (bicyclic) bond motifs is 1. The minimum absolute atomic E-state index is 0.308. The first-order chi connectivity index (χ1) is 20.0. The number of carbonyl (C=O) groups is 4. The van der Waals surface area contributed by atoms with Crippen molar-refractivity contribution >= 4 is 52.7 Å². The van der Waals surface area contributed by atoms with Gasteiger partial charge in [-0.1, -0.05) is 29.8 Å². The fourth-order valence-corrected chi connectivity index (χ4v) is 4.63. The second-order valence-electron chi connectivity index (χ2n) is 11.8. The van der Waals surface area contributed by atoms with E-state index in [4.69, 9.17) is 26.3 Å². The molecule has 1 fully saturated rings. The predicted molar refractivity (Wildman–Crippen MR) is 158 cm³/mol. The van der Waals surface area contributed by atoms with Gasteiger partial charge in [0.1, 0.15) is 16.9 Å². The van der Waals surface area contributed by atoms with Gasteiger partial charge >= 0.3 is 18.2 Å². The first-order valence-electron chi connectivity index (χ1n) is 13.3. The summed E-state index contributed by atoms with van der Waals surface area (Å²) in [5.74, 6) is -0.883. The van der Waals surface area contributed by atoms with Crippen molar-refractivity contribution in [1.29, 1.82) is 5.26 Å². The molecular weight excluding hydrogens is 576 g/mol. The first-order valence-corrected chi connectivity index (χ1v) is 13.7. The fourth-order valence-electron chi connectivity index (χ4n) is 4.47. The zero-order valence-corrected chi connectivity index (χ0v) is 25.3. The molecule has 0 bridgehead atoms. The minimum atomic E-state index is -1.18. The van der Waals surface area contributed by atoms with Crippen LogP contribution in [0.5, 0.6) is 0 Å². The minimum Gasteiger partial charge on any atom is -0.443 e. The lowest BCUT2D eigenvalue weighted by atomic mass is 10.0. The quantitative estimate of drug-likeness (QED) is 0.272. The SMILES string of the molecule is CC(C)(C)OC(=O)N1C(=O)N(C(CO)c2ccc(C#N)cc2)C(=O)C1=Cc1cn(C(=O)OC(C)(C)C)c2cc(Cl)ccc12. The van der Waals surface area contributed by atoms with E-state index in [1.165, 1.54) is 41.1 Å². The second kappa shape index (κ2) is 11.6. The number of imide groups is 2. The normalized spacial score (nSPS) is 15.7. The summed E-state index contributed by atoms with van der Waals surface area (Å²) in [5.41, 5.74) is -0.783. The second-order valence-corrected chi connectivity index (χ2v) is 12.3. The van der Waals surface area contributed by atoms with Gasteiger partial charge in [-0.05, 0) is 77.4 Å². The number of aliphatic hydroxyl groups excluding tert-OH is 1. The average Bonchev–Trinajstić information content (AvgIpc) is 3.37. The molecule has 2 aromatic carbocycles. The molecule has 2 heterocycles.